The first-order chi connectivity index (χ1) is 12.9. The average Bonchev–Trinajstić information content (AvgIpc) is 2.68. The maximum absolute atomic E-state index is 13.3. The van der Waals surface area contributed by atoms with E-state index in [1.807, 2.05) is 30.3 Å². The number of hydrogen-bond donors (Lipinski definition) is 2. The molecular formula is C19H23N3O5. The first kappa shape index (κ1) is 18.9. The van der Waals surface area contributed by atoms with Crippen molar-refractivity contribution in [3.63, 3.8) is 0 Å². The molecule has 2 atom stereocenters. The zero-order chi connectivity index (χ0) is 19.6. The number of amides is 3. The number of carbonyl (C=O) groups excluding carboxylic acids is 2. The van der Waals surface area contributed by atoms with Crippen molar-refractivity contribution in [3.8, 4) is 0 Å². The van der Waals surface area contributed by atoms with Crippen LogP contribution in [0.15, 0.2) is 41.6 Å². The molecule has 0 spiro atoms. The Labute approximate surface area is 157 Å². The largest absolute Gasteiger partial charge is 0.480 e. The Morgan fingerprint density at radius 1 is 1.22 bits per heavy atom. The number of carboxylic acid groups (broad SMARTS) is 1. The van der Waals surface area contributed by atoms with Gasteiger partial charge in [-0.1, -0.05) is 30.3 Å². The molecule has 144 valence electrons. The summed E-state index contributed by atoms with van der Waals surface area (Å²) in [6.45, 7) is 4.87. The summed E-state index contributed by atoms with van der Waals surface area (Å²) < 4.78 is 5.32. The van der Waals surface area contributed by atoms with Crippen LogP contribution >= 0.6 is 0 Å². The molecule has 2 heterocycles. The molecule has 1 aromatic rings. The number of benzene rings is 1. The molecule has 2 N–H and O–H groups in total. The summed E-state index contributed by atoms with van der Waals surface area (Å²) in [4.78, 5) is 40.2. The molecule has 1 aromatic carbocycles. The first-order valence-corrected chi connectivity index (χ1v) is 8.87. The van der Waals surface area contributed by atoms with E-state index in [4.69, 9.17) is 4.74 Å². The number of allylic oxidation sites excluding steroid dienone is 1. The Morgan fingerprint density at radius 2 is 1.85 bits per heavy atom. The Balaban J connectivity index is 2.07. The number of hydrogen-bond acceptors (Lipinski definition) is 4. The highest BCUT2D eigenvalue weighted by Gasteiger charge is 2.40. The highest BCUT2D eigenvalue weighted by molar-refractivity contribution is 5.99. The van der Waals surface area contributed by atoms with Crippen molar-refractivity contribution < 1.29 is 24.2 Å². The molecule has 0 radical (unpaired) electrons. The summed E-state index contributed by atoms with van der Waals surface area (Å²) in [6, 6.07) is 6.94. The SMILES string of the molecule is CC1=C(C(=O)N2CCOCC2)C(c2ccccc2)NC(=O)N1C(C)C(=O)O. The summed E-state index contributed by atoms with van der Waals surface area (Å²) in [6.07, 6.45) is 0. The molecule has 2 unspecified atom stereocenters. The molecule has 27 heavy (non-hydrogen) atoms. The fraction of sp³-hybridized carbons (Fsp3) is 0.421. The molecule has 0 aliphatic carbocycles. The van der Waals surface area contributed by atoms with Gasteiger partial charge in [0.25, 0.3) is 5.91 Å². The standard InChI is InChI=1S/C19H23N3O5/c1-12-15(17(23)21-8-10-27-11-9-21)16(14-6-4-3-5-7-14)20-19(26)22(12)13(2)18(24)25/h3-7,13,16H,8-11H2,1-2H3,(H,20,26)(H,24,25). The van der Waals surface area contributed by atoms with Crippen molar-refractivity contribution in [1.82, 2.24) is 15.1 Å². The fourth-order valence-corrected chi connectivity index (χ4v) is 3.44. The van der Waals surface area contributed by atoms with Crippen molar-refractivity contribution in [3.05, 3.63) is 47.2 Å². The molecule has 0 bridgehead atoms. The van der Waals surface area contributed by atoms with Gasteiger partial charge in [0.05, 0.1) is 24.8 Å². The second-order valence-corrected chi connectivity index (χ2v) is 6.58. The summed E-state index contributed by atoms with van der Waals surface area (Å²) >= 11 is 0. The molecule has 2 aliphatic rings. The van der Waals surface area contributed by atoms with Gasteiger partial charge in [0.2, 0.25) is 0 Å². The highest BCUT2D eigenvalue weighted by Crippen LogP contribution is 2.33. The van der Waals surface area contributed by atoms with Crippen LogP contribution in [0.2, 0.25) is 0 Å². The van der Waals surface area contributed by atoms with Crippen LogP contribution in [-0.4, -0.2) is 65.2 Å². The highest BCUT2D eigenvalue weighted by atomic mass is 16.5. The van der Waals surface area contributed by atoms with Gasteiger partial charge in [0.1, 0.15) is 6.04 Å². The first-order valence-electron chi connectivity index (χ1n) is 8.87. The Morgan fingerprint density at radius 3 is 2.44 bits per heavy atom. The second-order valence-electron chi connectivity index (χ2n) is 6.58. The minimum Gasteiger partial charge on any atom is -0.480 e. The molecule has 1 saturated heterocycles. The zero-order valence-corrected chi connectivity index (χ0v) is 15.3. The van der Waals surface area contributed by atoms with E-state index in [9.17, 15) is 19.5 Å². The summed E-state index contributed by atoms with van der Waals surface area (Å²) in [5.74, 6) is -1.35. The van der Waals surface area contributed by atoms with E-state index in [0.29, 0.717) is 37.6 Å². The third-order valence-electron chi connectivity index (χ3n) is 4.93. The maximum Gasteiger partial charge on any atom is 0.326 e. The molecule has 0 aromatic heterocycles. The monoisotopic (exact) mass is 373 g/mol. The van der Waals surface area contributed by atoms with Crippen LogP contribution < -0.4 is 5.32 Å². The predicted octanol–water partition coefficient (Wildman–Crippen LogP) is 1.36. The van der Waals surface area contributed by atoms with Crippen molar-refractivity contribution >= 4 is 17.9 Å². The number of ether oxygens (including phenoxy) is 1. The number of carbonyl (C=O) groups is 3. The third-order valence-corrected chi connectivity index (χ3v) is 4.93. The lowest BCUT2D eigenvalue weighted by Gasteiger charge is -2.39. The molecule has 3 amide bonds. The van der Waals surface area contributed by atoms with Crippen LogP contribution in [-0.2, 0) is 14.3 Å². The second kappa shape index (κ2) is 7.79. The van der Waals surface area contributed by atoms with Gasteiger partial charge in [-0.05, 0) is 19.4 Å². The molecule has 8 nitrogen and oxygen atoms in total. The lowest BCUT2D eigenvalue weighted by Crippen LogP contribution is -2.54. The molecule has 3 rings (SSSR count). The Bertz CT molecular complexity index is 771. The normalized spacial score (nSPS) is 21.7. The maximum atomic E-state index is 13.3. The van der Waals surface area contributed by atoms with E-state index >= 15 is 0 Å². The predicted molar refractivity (Wildman–Crippen MR) is 96.8 cm³/mol. The Hall–Kier alpha value is -2.87. The third kappa shape index (κ3) is 3.66. The van der Waals surface area contributed by atoms with E-state index in [-0.39, 0.29) is 5.91 Å². The Kier molecular flexibility index (Phi) is 5.46. The van der Waals surface area contributed by atoms with Gasteiger partial charge in [-0.25, -0.2) is 9.59 Å². The van der Waals surface area contributed by atoms with Gasteiger partial charge in [-0.3, -0.25) is 9.69 Å². The van der Waals surface area contributed by atoms with E-state index in [1.165, 1.54) is 6.92 Å². The van der Waals surface area contributed by atoms with Crippen molar-refractivity contribution in [1.29, 1.82) is 0 Å². The van der Waals surface area contributed by atoms with E-state index in [0.717, 1.165) is 10.5 Å². The van der Waals surface area contributed by atoms with Crippen LogP contribution in [0.3, 0.4) is 0 Å². The molecule has 8 heteroatoms. The molecule has 0 saturated carbocycles. The van der Waals surface area contributed by atoms with Crippen LogP contribution in [0.4, 0.5) is 4.79 Å². The summed E-state index contributed by atoms with van der Waals surface area (Å²) in [5.41, 5.74) is 1.51. The number of rotatable bonds is 4. The van der Waals surface area contributed by atoms with Crippen LogP contribution in [0.25, 0.3) is 0 Å². The van der Waals surface area contributed by atoms with E-state index in [1.54, 1.807) is 11.8 Å². The minimum atomic E-state index is -1.14. The van der Waals surface area contributed by atoms with Gasteiger partial charge in [0, 0.05) is 18.8 Å². The number of carboxylic acids is 1. The smallest absolute Gasteiger partial charge is 0.326 e. The zero-order valence-electron chi connectivity index (χ0n) is 15.3. The van der Waals surface area contributed by atoms with Crippen molar-refractivity contribution in [2.24, 2.45) is 0 Å². The summed E-state index contributed by atoms with van der Waals surface area (Å²) in [7, 11) is 0. The number of nitrogens with zero attached hydrogens (tertiary/aromatic N) is 2. The molecule has 1 fully saturated rings. The topological polar surface area (TPSA) is 99.2 Å². The lowest BCUT2D eigenvalue weighted by atomic mass is 9.93. The number of morpholine rings is 1. The van der Waals surface area contributed by atoms with Crippen molar-refractivity contribution in [2.75, 3.05) is 26.3 Å². The van der Waals surface area contributed by atoms with Gasteiger partial charge in [0.15, 0.2) is 0 Å². The van der Waals surface area contributed by atoms with E-state index < -0.39 is 24.1 Å². The number of nitrogens with one attached hydrogen (secondary N) is 1. The quantitative estimate of drug-likeness (QED) is 0.830. The number of aliphatic carboxylic acids is 1. The van der Waals surface area contributed by atoms with Crippen LogP contribution in [0.5, 0.6) is 0 Å². The molecular weight excluding hydrogens is 350 g/mol. The van der Waals surface area contributed by atoms with Gasteiger partial charge >= 0.3 is 12.0 Å². The van der Waals surface area contributed by atoms with E-state index in [2.05, 4.69) is 5.32 Å². The van der Waals surface area contributed by atoms with Gasteiger partial charge in [-0.15, -0.1) is 0 Å². The van der Waals surface area contributed by atoms with Crippen molar-refractivity contribution in [2.45, 2.75) is 25.9 Å². The van der Waals surface area contributed by atoms with Crippen LogP contribution in [0, 0.1) is 0 Å². The van der Waals surface area contributed by atoms with Crippen LogP contribution in [0.1, 0.15) is 25.5 Å². The van der Waals surface area contributed by atoms with Gasteiger partial charge < -0.3 is 20.1 Å². The fourth-order valence-electron chi connectivity index (χ4n) is 3.44. The summed E-state index contributed by atoms with van der Waals surface area (Å²) in [5, 5.41) is 12.2. The average molecular weight is 373 g/mol. The number of urea groups is 1. The minimum absolute atomic E-state index is 0.216. The molecule has 2 aliphatic heterocycles. The van der Waals surface area contributed by atoms with Gasteiger partial charge in [-0.2, -0.15) is 0 Å². The lowest BCUT2D eigenvalue weighted by molar-refractivity contribution is -0.141.